The van der Waals surface area contributed by atoms with Gasteiger partial charge in [0.15, 0.2) is 0 Å². The van der Waals surface area contributed by atoms with Crippen LogP contribution in [-0.4, -0.2) is 44.5 Å². The molecule has 1 aliphatic carbocycles. The van der Waals surface area contributed by atoms with E-state index in [2.05, 4.69) is 20.6 Å². The minimum Gasteiger partial charge on any atom is -0.336 e. The molecule has 0 saturated heterocycles. The van der Waals surface area contributed by atoms with Gasteiger partial charge in [-0.3, -0.25) is 4.79 Å². The van der Waals surface area contributed by atoms with Crippen molar-refractivity contribution in [2.24, 2.45) is 0 Å². The molecule has 14 heavy (non-hydrogen) atoms. The molecule has 2 rings (SSSR count). The third-order valence-corrected chi connectivity index (χ3v) is 2.73. The maximum atomic E-state index is 11.7. The number of amides is 1. The van der Waals surface area contributed by atoms with Crippen molar-refractivity contribution in [3.05, 3.63) is 5.82 Å². The predicted octanol–water partition coefficient (Wildman–Crippen LogP) is 0.214. The van der Waals surface area contributed by atoms with Gasteiger partial charge in [-0.15, -0.1) is 10.2 Å². The Labute approximate surface area is 81.7 Å². The third kappa shape index (κ3) is 1.59. The molecule has 0 unspecified atom stereocenters. The molecule has 0 aromatic carbocycles. The minimum atomic E-state index is -0.148. The molecule has 0 spiro atoms. The highest BCUT2D eigenvalue weighted by Gasteiger charge is 2.26. The van der Waals surface area contributed by atoms with Crippen molar-refractivity contribution < 1.29 is 4.79 Å². The molecule has 6 heteroatoms. The van der Waals surface area contributed by atoms with Gasteiger partial charge in [-0.25, -0.2) is 0 Å². The average Bonchev–Trinajstić information content (AvgIpc) is 2.87. The lowest BCUT2D eigenvalue weighted by molar-refractivity contribution is 0.0723. The van der Waals surface area contributed by atoms with E-state index in [9.17, 15) is 4.79 Å². The molecule has 0 aliphatic heterocycles. The van der Waals surface area contributed by atoms with Gasteiger partial charge in [-0.1, -0.05) is 12.8 Å². The summed E-state index contributed by atoms with van der Waals surface area (Å²) in [5.41, 5.74) is 0. The number of tetrazole rings is 1. The fourth-order valence-electron chi connectivity index (χ4n) is 1.87. The topological polar surface area (TPSA) is 74.8 Å². The van der Waals surface area contributed by atoms with Gasteiger partial charge in [0, 0.05) is 13.1 Å². The van der Waals surface area contributed by atoms with Crippen LogP contribution >= 0.6 is 0 Å². The van der Waals surface area contributed by atoms with Gasteiger partial charge in [0.1, 0.15) is 0 Å². The van der Waals surface area contributed by atoms with Crippen molar-refractivity contribution >= 4 is 5.91 Å². The van der Waals surface area contributed by atoms with Crippen molar-refractivity contribution in [3.8, 4) is 0 Å². The van der Waals surface area contributed by atoms with Crippen LogP contribution in [0.15, 0.2) is 0 Å². The Morgan fingerprint density at radius 3 is 2.79 bits per heavy atom. The van der Waals surface area contributed by atoms with Crippen LogP contribution < -0.4 is 0 Å². The van der Waals surface area contributed by atoms with E-state index < -0.39 is 0 Å². The molecule has 0 bridgehead atoms. The Hall–Kier alpha value is -1.46. The van der Waals surface area contributed by atoms with Crippen LogP contribution in [0.5, 0.6) is 0 Å². The van der Waals surface area contributed by atoms with Gasteiger partial charge >= 0.3 is 0 Å². The van der Waals surface area contributed by atoms with E-state index in [1.807, 2.05) is 0 Å². The van der Waals surface area contributed by atoms with Gasteiger partial charge in [-0.2, -0.15) is 5.21 Å². The molecule has 6 nitrogen and oxygen atoms in total. The van der Waals surface area contributed by atoms with Crippen molar-refractivity contribution in [2.75, 3.05) is 7.05 Å². The second-order valence-electron chi connectivity index (χ2n) is 3.59. The largest absolute Gasteiger partial charge is 0.336 e. The fraction of sp³-hybridized carbons (Fsp3) is 0.750. The summed E-state index contributed by atoms with van der Waals surface area (Å²) < 4.78 is 0. The highest BCUT2D eigenvalue weighted by molar-refractivity contribution is 5.90. The highest BCUT2D eigenvalue weighted by Crippen LogP contribution is 2.22. The first-order valence-electron chi connectivity index (χ1n) is 4.79. The monoisotopic (exact) mass is 195 g/mol. The second-order valence-corrected chi connectivity index (χ2v) is 3.59. The summed E-state index contributed by atoms with van der Waals surface area (Å²) in [6.07, 6.45) is 4.57. The number of carbonyl (C=O) groups excluding carboxylic acids is 1. The number of aromatic amines is 1. The van der Waals surface area contributed by atoms with E-state index in [0.29, 0.717) is 6.04 Å². The predicted molar refractivity (Wildman–Crippen MR) is 48.5 cm³/mol. The van der Waals surface area contributed by atoms with Crippen molar-refractivity contribution in [3.63, 3.8) is 0 Å². The summed E-state index contributed by atoms with van der Waals surface area (Å²) in [6, 6.07) is 0.348. The maximum Gasteiger partial charge on any atom is 0.295 e. The molecule has 0 atom stereocenters. The van der Waals surface area contributed by atoms with E-state index in [4.69, 9.17) is 0 Å². The van der Waals surface area contributed by atoms with Crippen molar-refractivity contribution in [1.82, 2.24) is 25.5 Å². The molecule has 1 N–H and O–H groups in total. The summed E-state index contributed by atoms with van der Waals surface area (Å²) in [7, 11) is 1.80. The molecule has 1 amide bonds. The molecular formula is C8H13N5O. The van der Waals surface area contributed by atoms with E-state index in [1.54, 1.807) is 11.9 Å². The Bertz CT molecular complexity index is 304. The number of hydrogen-bond donors (Lipinski definition) is 1. The van der Waals surface area contributed by atoms with Crippen LogP contribution in [0.3, 0.4) is 0 Å². The zero-order valence-corrected chi connectivity index (χ0v) is 8.10. The molecular weight excluding hydrogens is 182 g/mol. The number of hydrogen-bond acceptors (Lipinski definition) is 4. The lowest BCUT2D eigenvalue weighted by Gasteiger charge is -2.22. The van der Waals surface area contributed by atoms with Gasteiger partial charge < -0.3 is 4.90 Å². The Kier molecular flexibility index (Phi) is 2.43. The molecule has 1 fully saturated rings. The van der Waals surface area contributed by atoms with Gasteiger partial charge in [-0.05, 0) is 18.1 Å². The van der Waals surface area contributed by atoms with Gasteiger partial charge in [0.05, 0.1) is 0 Å². The lowest BCUT2D eigenvalue weighted by atomic mass is 10.2. The van der Waals surface area contributed by atoms with Crippen LogP contribution in [0.4, 0.5) is 0 Å². The number of rotatable bonds is 2. The number of nitrogens with one attached hydrogen (secondary N) is 1. The Balaban J connectivity index is 2.04. The smallest absolute Gasteiger partial charge is 0.295 e. The molecule has 1 aliphatic rings. The molecule has 76 valence electrons. The quantitative estimate of drug-likeness (QED) is 0.732. The number of aromatic nitrogens is 4. The number of nitrogens with zero attached hydrogens (tertiary/aromatic N) is 4. The minimum absolute atomic E-state index is 0.148. The first-order chi connectivity index (χ1) is 6.79. The Morgan fingerprint density at radius 2 is 2.21 bits per heavy atom. The zero-order valence-electron chi connectivity index (χ0n) is 8.10. The van der Waals surface area contributed by atoms with E-state index in [1.165, 1.54) is 12.8 Å². The van der Waals surface area contributed by atoms with Crippen LogP contribution in [0.25, 0.3) is 0 Å². The van der Waals surface area contributed by atoms with Crippen LogP contribution in [0.1, 0.15) is 36.3 Å². The standard InChI is InChI=1S/C8H13N5O/c1-13(6-4-2-3-5-6)8(14)7-9-11-12-10-7/h6H,2-5H2,1H3,(H,9,10,11,12). The maximum absolute atomic E-state index is 11.7. The molecule has 1 aromatic heterocycles. The SMILES string of the molecule is CN(C(=O)c1nn[nH]n1)C1CCCC1. The van der Waals surface area contributed by atoms with E-state index in [0.717, 1.165) is 12.8 Å². The van der Waals surface area contributed by atoms with Gasteiger partial charge in [0.2, 0.25) is 0 Å². The molecule has 1 heterocycles. The molecule has 1 aromatic rings. The summed E-state index contributed by atoms with van der Waals surface area (Å²) in [6.45, 7) is 0. The summed E-state index contributed by atoms with van der Waals surface area (Å²) in [5, 5.41) is 13.0. The Morgan fingerprint density at radius 1 is 1.50 bits per heavy atom. The van der Waals surface area contributed by atoms with Crippen LogP contribution in [0.2, 0.25) is 0 Å². The van der Waals surface area contributed by atoms with Crippen LogP contribution in [0, 0.1) is 0 Å². The highest BCUT2D eigenvalue weighted by atomic mass is 16.2. The van der Waals surface area contributed by atoms with Crippen molar-refractivity contribution in [1.29, 1.82) is 0 Å². The van der Waals surface area contributed by atoms with Gasteiger partial charge in [0.25, 0.3) is 11.7 Å². The first kappa shape index (κ1) is 9.11. The summed E-state index contributed by atoms with van der Waals surface area (Å²) >= 11 is 0. The van der Waals surface area contributed by atoms with Crippen LogP contribution in [-0.2, 0) is 0 Å². The number of carbonyl (C=O) groups is 1. The first-order valence-corrected chi connectivity index (χ1v) is 4.79. The van der Waals surface area contributed by atoms with Crippen molar-refractivity contribution in [2.45, 2.75) is 31.7 Å². The normalized spacial score (nSPS) is 17.2. The van der Waals surface area contributed by atoms with E-state index in [-0.39, 0.29) is 11.7 Å². The average molecular weight is 195 g/mol. The molecule has 1 saturated carbocycles. The second kappa shape index (κ2) is 3.73. The molecule has 0 radical (unpaired) electrons. The zero-order chi connectivity index (χ0) is 9.97. The lowest BCUT2D eigenvalue weighted by Crippen LogP contribution is -2.35. The fourth-order valence-corrected chi connectivity index (χ4v) is 1.87. The third-order valence-electron chi connectivity index (χ3n) is 2.73. The summed E-state index contributed by atoms with van der Waals surface area (Å²) in [5.74, 6) is 0.00468. The van der Waals surface area contributed by atoms with E-state index >= 15 is 0 Å². The number of H-pyrrole nitrogens is 1. The summed E-state index contributed by atoms with van der Waals surface area (Å²) in [4.78, 5) is 13.5.